The molecule has 1 aliphatic heterocycles. The van der Waals surface area contributed by atoms with Crippen LogP contribution in [0.5, 0.6) is 0 Å². The Kier molecular flexibility index (Phi) is 4.49. The number of nitrogens with one attached hydrogen (secondary N) is 1. The summed E-state index contributed by atoms with van der Waals surface area (Å²) in [6.45, 7) is 3.33. The van der Waals surface area contributed by atoms with Crippen molar-refractivity contribution in [1.82, 2.24) is 10.2 Å². The van der Waals surface area contributed by atoms with Gasteiger partial charge in [0.25, 0.3) is 5.91 Å². The second-order valence-corrected chi connectivity index (χ2v) is 9.00. The number of furan rings is 1. The highest BCUT2D eigenvalue weighted by Crippen LogP contribution is 2.52. The van der Waals surface area contributed by atoms with E-state index in [9.17, 15) is 9.59 Å². The molecule has 2 amide bonds. The summed E-state index contributed by atoms with van der Waals surface area (Å²) in [6, 6.07) is 10.8. The Hall–Kier alpha value is -2.56. The van der Waals surface area contributed by atoms with Crippen LogP contribution in [0.15, 0.2) is 41.0 Å². The molecule has 1 aromatic carbocycles. The zero-order chi connectivity index (χ0) is 20.0. The molecule has 2 aliphatic carbocycles. The van der Waals surface area contributed by atoms with Gasteiger partial charge in [-0.15, -0.1) is 0 Å². The summed E-state index contributed by atoms with van der Waals surface area (Å²) in [5.74, 6) is 1.22. The van der Waals surface area contributed by atoms with Gasteiger partial charge in [-0.05, 0) is 67.6 Å². The summed E-state index contributed by atoms with van der Waals surface area (Å²) in [5.41, 5.74) is 3.49. The summed E-state index contributed by atoms with van der Waals surface area (Å²) < 4.78 is 5.31. The standard InChI is InChI=1S/C24H28N2O3/c1-16-19(8-13-29-16)23(28)26-11-9-24(10-12-26)15-17(14-22(27)25-18-6-7-18)20-4-2-3-5-21(20)24/h2-5,8,13,17-18H,6-7,9-12,14-15H2,1H3,(H,25,27)/t17-/m0/s1. The maximum absolute atomic E-state index is 12.9. The molecule has 0 unspecified atom stereocenters. The maximum Gasteiger partial charge on any atom is 0.257 e. The second kappa shape index (κ2) is 7.05. The number of fused-ring (bicyclic) bond motifs is 2. The number of hydrogen-bond acceptors (Lipinski definition) is 3. The van der Waals surface area contributed by atoms with Crippen molar-refractivity contribution in [3.05, 3.63) is 59.0 Å². The zero-order valence-corrected chi connectivity index (χ0v) is 16.9. The monoisotopic (exact) mass is 392 g/mol. The lowest BCUT2D eigenvalue weighted by molar-refractivity contribution is -0.121. The lowest BCUT2D eigenvalue weighted by Crippen LogP contribution is -2.44. The van der Waals surface area contributed by atoms with Crippen LogP contribution in [-0.2, 0) is 10.2 Å². The Labute approximate surface area is 171 Å². The highest BCUT2D eigenvalue weighted by Gasteiger charge is 2.46. The van der Waals surface area contributed by atoms with Gasteiger partial charge >= 0.3 is 0 Å². The summed E-state index contributed by atoms with van der Waals surface area (Å²) in [7, 11) is 0. The molecule has 1 N–H and O–H groups in total. The number of hydrogen-bond donors (Lipinski definition) is 1. The first kappa shape index (κ1) is 18.5. The van der Waals surface area contributed by atoms with Gasteiger partial charge in [-0.3, -0.25) is 9.59 Å². The zero-order valence-electron chi connectivity index (χ0n) is 16.9. The van der Waals surface area contributed by atoms with Gasteiger partial charge in [0.05, 0.1) is 11.8 Å². The van der Waals surface area contributed by atoms with Crippen molar-refractivity contribution in [2.24, 2.45) is 0 Å². The van der Waals surface area contributed by atoms with Crippen LogP contribution in [0, 0.1) is 6.92 Å². The number of benzene rings is 1. The van der Waals surface area contributed by atoms with Crippen molar-refractivity contribution in [2.45, 2.75) is 62.8 Å². The normalized spacial score (nSPS) is 22.5. The molecule has 1 saturated heterocycles. The number of amides is 2. The molecular formula is C24H28N2O3. The second-order valence-electron chi connectivity index (χ2n) is 9.00. The molecule has 2 aromatic rings. The fraction of sp³-hybridized carbons (Fsp3) is 0.500. The highest BCUT2D eigenvalue weighted by atomic mass is 16.3. The minimum atomic E-state index is 0.0674. The van der Waals surface area contributed by atoms with Gasteiger partial charge in [0, 0.05) is 25.6 Å². The van der Waals surface area contributed by atoms with E-state index in [4.69, 9.17) is 4.42 Å². The molecule has 1 atom stereocenters. The number of nitrogens with zero attached hydrogens (tertiary/aromatic N) is 1. The van der Waals surface area contributed by atoms with E-state index in [1.165, 1.54) is 11.1 Å². The van der Waals surface area contributed by atoms with E-state index in [2.05, 4.69) is 29.6 Å². The largest absolute Gasteiger partial charge is 0.469 e. The fourth-order valence-corrected chi connectivity index (χ4v) is 5.34. The van der Waals surface area contributed by atoms with Gasteiger partial charge in [-0.1, -0.05) is 24.3 Å². The van der Waals surface area contributed by atoms with Crippen LogP contribution in [-0.4, -0.2) is 35.8 Å². The van der Waals surface area contributed by atoms with Crippen molar-refractivity contribution in [1.29, 1.82) is 0 Å². The summed E-state index contributed by atoms with van der Waals surface area (Å²) >= 11 is 0. The number of piperidine rings is 1. The SMILES string of the molecule is Cc1occc1C(=O)N1CCC2(CC1)C[C@H](CC(=O)NC1CC1)c1ccccc12. The molecule has 0 bridgehead atoms. The van der Waals surface area contributed by atoms with Crippen LogP contribution in [0.4, 0.5) is 0 Å². The minimum absolute atomic E-state index is 0.0674. The van der Waals surface area contributed by atoms with Gasteiger partial charge in [-0.25, -0.2) is 0 Å². The molecule has 0 radical (unpaired) electrons. The van der Waals surface area contributed by atoms with E-state index in [1.807, 2.05) is 11.8 Å². The quantitative estimate of drug-likeness (QED) is 0.858. The van der Waals surface area contributed by atoms with Crippen LogP contribution in [0.1, 0.15) is 71.7 Å². The van der Waals surface area contributed by atoms with Crippen LogP contribution in [0.2, 0.25) is 0 Å². The maximum atomic E-state index is 12.9. The third-order valence-electron chi connectivity index (χ3n) is 7.08. The van der Waals surface area contributed by atoms with Crippen molar-refractivity contribution in [3.63, 3.8) is 0 Å². The molecular weight excluding hydrogens is 364 g/mol. The summed E-state index contributed by atoms with van der Waals surface area (Å²) in [6.07, 6.45) is 7.32. The molecule has 2 fully saturated rings. The van der Waals surface area contributed by atoms with E-state index in [-0.39, 0.29) is 23.1 Å². The Morgan fingerprint density at radius 1 is 1.17 bits per heavy atom. The van der Waals surface area contributed by atoms with Crippen molar-refractivity contribution < 1.29 is 14.0 Å². The molecule has 1 spiro atoms. The first-order valence-electron chi connectivity index (χ1n) is 10.8. The predicted molar refractivity (Wildman–Crippen MR) is 110 cm³/mol. The third kappa shape index (κ3) is 3.37. The first-order chi connectivity index (χ1) is 14.1. The number of carbonyl (C=O) groups is 2. The van der Waals surface area contributed by atoms with E-state index in [1.54, 1.807) is 12.3 Å². The Morgan fingerprint density at radius 3 is 2.62 bits per heavy atom. The van der Waals surface area contributed by atoms with Gasteiger partial charge in [0.15, 0.2) is 0 Å². The lowest BCUT2D eigenvalue weighted by Gasteiger charge is -2.40. The van der Waals surface area contributed by atoms with Gasteiger partial charge in [0.1, 0.15) is 5.76 Å². The smallest absolute Gasteiger partial charge is 0.257 e. The van der Waals surface area contributed by atoms with E-state index >= 15 is 0 Å². The van der Waals surface area contributed by atoms with E-state index in [0.29, 0.717) is 23.8 Å². The predicted octanol–water partition coefficient (Wildman–Crippen LogP) is 3.92. The lowest BCUT2D eigenvalue weighted by atomic mass is 9.73. The van der Waals surface area contributed by atoms with Gasteiger partial charge in [0.2, 0.25) is 5.91 Å². The Balaban J connectivity index is 1.31. The summed E-state index contributed by atoms with van der Waals surface area (Å²) in [4.78, 5) is 27.3. The molecule has 5 nitrogen and oxygen atoms in total. The molecule has 5 heteroatoms. The van der Waals surface area contributed by atoms with Crippen molar-refractivity contribution in [2.75, 3.05) is 13.1 Å². The third-order valence-corrected chi connectivity index (χ3v) is 7.08. The number of aryl methyl sites for hydroxylation is 1. The molecule has 152 valence electrons. The van der Waals surface area contributed by atoms with E-state index < -0.39 is 0 Å². The number of rotatable bonds is 4. The van der Waals surface area contributed by atoms with Crippen LogP contribution >= 0.6 is 0 Å². The van der Waals surface area contributed by atoms with Gasteiger partial charge < -0.3 is 14.6 Å². The molecule has 5 rings (SSSR count). The molecule has 1 saturated carbocycles. The number of likely N-dealkylation sites (tertiary alicyclic amines) is 1. The van der Waals surface area contributed by atoms with Gasteiger partial charge in [-0.2, -0.15) is 0 Å². The highest BCUT2D eigenvalue weighted by molar-refractivity contribution is 5.95. The van der Waals surface area contributed by atoms with Crippen molar-refractivity contribution in [3.8, 4) is 0 Å². The van der Waals surface area contributed by atoms with Crippen molar-refractivity contribution >= 4 is 11.8 Å². The Bertz CT molecular complexity index is 935. The topological polar surface area (TPSA) is 62.6 Å². The average molecular weight is 392 g/mol. The van der Waals surface area contributed by atoms with Crippen LogP contribution < -0.4 is 5.32 Å². The minimum Gasteiger partial charge on any atom is -0.469 e. The molecule has 2 heterocycles. The molecule has 1 aromatic heterocycles. The Morgan fingerprint density at radius 2 is 1.93 bits per heavy atom. The van der Waals surface area contributed by atoms with Crippen LogP contribution in [0.3, 0.4) is 0 Å². The van der Waals surface area contributed by atoms with Crippen LogP contribution in [0.25, 0.3) is 0 Å². The number of carbonyl (C=O) groups excluding carboxylic acids is 2. The average Bonchev–Trinajstić information content (AvgIpc) is 3.36. The first-order valence-corrected chi connectivity index (χ1v) is 10.8. The molecule has 29 heavy (non-hydrogen) atoms. The fourth-order valence-electron chi connectivity index (χ4n) is 5.34. The van der Waals surface area contributed by atoms with E-state index in [0.717, 1.165) is 45.2 Å². The molecule has 3 aliphatic rings. The summed E-state index contributed by atoms with van der Waals surface area (Å²) in [5, 5.41) is 3.15.